The molecule has 0 radical (unpaired) electrons. The first-order valence-electron chi connectivity index (χ1n) is 7.48. The fourth-order valence-corrected chi connectivity index (χ4v) is 3.50. The van der Waals surface area contributed by atoms with Gasteiger partial charge in [0.2, 0.25) is 11.8 Å². The summed E-state index contributed by atoms with van der Waals surface area (Å²) >= 11 is 1.24. The fourth-order valence-electron chi connectivity index (χ4n) is 2.75. The summed E-state index contributed by atoms with van der Waals surface area (Å²) in [6.45, 7) is 0.801. The minimum absolute atomic E-state index is 0.0385. The summed E-state index contributed by atoms with van der Waals surface area (Å²) < 4.78 is 5.56. The first kappa shape index (κ1) is 15.0. The van der Waals surface area contributed by atoms with Crippen molar-refractivity contribution in [3.63, 3.8) is 0 Å². The normalized spacial score (nSPS) is 18.2. The molecular formula is C15H14N4O4S. The van der Waals surface area contributed by atoms with Crippen molar-refractivity contribution < 1.29 is 18.8 Å². The molecule has 0 aliphatic carbocycles. The molecule has 0 unspecified atom stereocenters. The van der Waals surface area contributed by atoms with E-state index < -0.39 is 0 Å². The van der Waals surface area contributed by atoms with Gasteiger partial charge in [-0.25, -0.2) is 9.78 Å². The highest BCUT2D eigenvalue weighted by atomic mass is 32.2. The van der Waals surface area contributed by atoms with Crippen molar-refractivity contribution in [2.45, 2.75) is 11.3 Å². The van der Waals surface area contributed by atoms with E-state index in [9.17, 15) is 14.4 Å². The zero-order valence-corrected chi connectivity index (χ0v) is 13.4. The van der Waals surface area contributed by atoms with Gasteiger partial charge in [-0.3, -0.25) is 14.5 Å². The number of para-hydroxylation sites is 2. The highest BCUT2D eigenvalue weighted by molar-refractivity contribution is 7.99. The highest BCUT2D eigenvalue weighted by Crippen LogP contribution is 2.25. The molecule has 24 heavy (non-hydrogen) atoms. The fraction of sp³-hybridized carbons (Fsp3) is 0.333. The van der Waals surface area contributed by atoms with E-state index in [0.29, 0.717) is 23.9 Å². The van der Waals surface area contributed by atoms with Gasteiger partial charge in [-0.05, 0) is 12.1 Å². The van der Waals surface area contributed by atoms with Crippen LogP contribution in [0.2, 0.25) is 0 Å². The monoisotopic (exact) mass is 346 g/mol. The third-order valence-electron chi connectivity index (χ3n) is 4.05. The molecule has 2 aliphatic heterocycles. The van der Waals surface area contributed by atoms with Crippen molar-refractivity contribution in [3.05, 3.63) is 24.3 Å². The maximum absolute atomic E-state index is 12.2. The van der Waals surface area contributed by atoms with Crippen LogP contribution in [0.3, 0.4) is 0 Å². The molecule has 0 bridgehead atoms. The van der Waals surface area contributed by atoms with E-state index in [1.54, 1.807) is 4.90 Å². The molecule has 1 aromatic carbocycles. The van der Waals surface area contributed by atoms with Gasteiger partial charge in [0.15, 0.2) is 5.58 Å². The molecule has 2 aliphatic rings. The van der Waals surface area contributed by atoms with Gasteiger partial charge < -0.3 is 14.6 Å². The SMILES string of the molecule is O=C(CSc1nc2ccccc2o1)N1CC(N2C(=O)CNC2=O)C1. The number of hydrogen-bond donors (Lipinski definition) is 1. The topological polar surface area (TPSA) is 95.8 Å². The number of amides is 4. The predicted octanol–water partition coefficient (Wildman–Crippen LogP) is 0.682. The maximum atomic E-state index is 12.2. The van der Waals surface area contributed by atoms with Gasteiger partial charge in [0.25, 0.3) is 5.22 Å². The van der Waals surface area contributed by atoms with Gasteiger partial charge in [-0.15, -0.1) is 0 Å². The molecule has 0 saturated carbocycles. The van der Waals surface area contributed by atoms with Crippen LogP contribution in [0, 0.1) is 0 Å². The molecule has 1 N–H and O–H groups in total. The van der Waals surface area contributed by atoms with Crippen LogP contribution in [0.4, 0.5) is 4.79 Å². The predicted molar refractivity (Wildman–Crippen MR) is 85.3 cm³/mol. The third-order valence-corrected chi connectivity index (χ3v) is 4.86. The Labute approximate surface area is 141 Å². The molecule has 9 heteroatoms. The van der Waals surface area contributed by atoms with E-state index in [-0.39, 0.29) is 36.2 Å². The van der Waals surface area contributed by atoms with Gasteiger partial charge >= 0.3 is 6.03 Å². The Hall–Kier alpha value is -2.55. The number of carbonyl (C=O) groups is 3. The largest absolute Gasteiger partial charge is 0.431 e. The van der Waals surface area contributed by atoms with Gasteiger partial charge in [0.1, 0.15) is 5.52 Å². The van der Waals surface area contributed by atoms with Crippen LogP contribution < -0.4 is 5.32 Å². The second-order valence-electron chi connectivity index (χ2n) is 5.61. The summed E-state index contributed by atoms with van der Waals surface area (Å²) in [6.07, 6.45) is 0. The number of oxazole rings is 1. The summed E-state index contributed by atoms with van der Waals surface area (Å²) in [7, 11) is 0. The number of urea groups is 1. The van der Waals surface area contributed by atoms with Crippen LogP contribution in [0.5, 0.6) is 0 Å². The van der Waals surface area contributed by atoms with Crippen molar-refractivity contribution in [1.29, 1.82) is 0 Å². The van der Waals surface area contributed by atoms with Crippen LogP contribution >= 0.6 is 11.8 Å². The number of hydrogen-bond acceptors (Lipinski definition) is 6. The molecule has 0 spiro atoms. The minimum Gasteiger partial charge on any atom is -0.431 e. The number of carbonyl (C=O) groups excluding carboxylic acids is 3. The smallest absolute Gasteiger partial charge is 0.324 e. The van der Waals surface area contributed by atoms with Crippen molar-refractivity contribution in [2.24, 2.45) is 0 Å². The molecular weight excluding hydrogens is 332 g/mol. The van der Waals surface area contributed by atoms with E-state index in [0.717, 1.165) is 5.52 Å². The first-order chi connectivity index (χ1) is 11.6. The lowest BCUT2D eigenvalue weighted by molar-refractivity contribution is -0.139. The van der Waals surface area contributed by atoms with Gasteiger partial charge in [0.05, 0.1) is 18.3 Å². The Kier molecular flexibility index (Phi) is 3.64. The average molecular weight is 346 g/mol. The number of imide groups is 1. The molecule has 2 fully saturated rings. The van der Waals surface area contributed by atoms with Crippen LogP contribution in [-0.4, -0.2) is 64.1 Å². The lowest BCUT2D eigenvalue weighted by Crippen LogP contribution is -2.62. The lowest BCUT2D eigenvalue weighted by atomic mass is 10.1. The molecule has 1 aromatic heterocycles. The van der Waals surface area contributed by atoms with Crippen LogP contribution in [0.1, 0.15) is 0 Å². The molecule has 2 saturated heterocycles. The van der Waals surface area contributed by atoms with E-state index in [1.165, 1.54) is 16.7 Å². The molecule has 0 atom stereocenters. The highest BCUT2D eigenvalue weighted by Gasteiger charge is 2.42. The number of aromatic nitrogens is 1. The van der Waals surface area contributed by atoms with E-state index >= 15 is 0 Å². The van der Waals surface area contributed by atoms with E-state index in [1.807, 2.05) is 24.3 Å². The molecule has 3 heterocycles. The Balaban J connectivity index is 1.30. The van der Waals surface area contributed by atoms with Gasteiger partial charge in [-0.2, -0.15) is 0 Å². The number of thioether (sulfide) groups is 1. The number of nitrogens with zero attached hydrogens (tertiary/aromatic N) is 3. The second kappa shape index (κ2) is 5.82. The van der Waals surface area contributed by atoms with E-state index in [4.69, 9.17) is 4.42 Å². The Morgan fingerprint density at radius 1 is 1.33 bits per heavy atom. The van der Waals surface area contributed by atoms with Crippen molar-refractivity contribution in [1.82, 2.24) is 20.1 Å². The summed E-state index contributed by atoms with van der Waals surface area (Å²) in [5.41, 5.74) is 1.45. The molecule has 2 aromatic rings. The maximum Gasteiger partial charge on any atom is 0.324 e. The third kappa shape index (κ3) is 2.60. The van der Waals surface area contributed by atoms with Crippen LogP contribution in [0.25, 0.3) is 11.1 Å². The van der Waals surface area contributed by atoms with E-state index in [2.05, 4.69) is 10.3 Å². The number of nitrogens with one attached hydrogen (secondary N) is 1. The summed E-state index contributed by atoms with van der Waals surface area (Å²) in [5.74, 6) is -0.0943. The molecule has 8 nitrogen and oxygen atoms in total. The average Bonchev–Trinajstić information content (AvgIpc) is 3.09. The number of fused-ring (bicyclic) bond motifs is 1. The summed E-state index contributed by atoms with van der Waals surface area (Å²) in [4.78, 5) is 42.5. The van der Waals surface area contributed by atoms with Crippen LogP contribution in [-0.2, 0) is 9.59 Å². The zero-order chi connectivity index (χ0) is 16.7. The number of rotatable bonds is 4. The number of likely N-dealkylation sites (tertiary alicyclic amines) is 1. The first-order valence-corrected chi connectivity index (χ1v) is 8.46. The van der Waals surface area contributed by atoms with Gasteiger partial charge in [-0.1, -0.05) is 23.9 Å². The number of benzene rings is 1. The second-order valence-corrected chi connectivity index (χ2v) is 6.54. The van der Waals surface area contributed by atoms with Crippen molar-refractivity contribution in [2.75, 3.05) is 25.4 Å². The quantitative estimate of drug-likeness (QED) is 0.646. The Morgan fingerprint density at radius 3 is 2.83 bits per heavy atom. The van der Waals surface area contributed by atoms with Gasteiger partial charge in [0, 0.05) is 13.1 Å². The standard InChI is InChI=1S/C15H14N4O4S/c20-12-5-16-14(22)19(12)9-6-18(7-9)13(21)8-24-15-17-10-3-1-2-4-11(10)23-15/h1-4,9H,5-8H2,(H,16,22). The van der Waals surface area contributed by atoms with Crippen molar-refractivity contribution >= 4 is 40.7 Å². The van der Waals surface area contributed by atoms with Crippen molar-refractivity contribution in [3.8, 4) is 0 Å². The minimum atomic E-state index is -0.377. The molecule has 4 rings (SSSR count). The zero-order valence-electron chi connectivity index (χ0n) is 12.6. The summed E-state index contributed by atoms with van der Waals surface area (Å²) in [6, 6.07) is 6.81. The lowest BCUT2D eigenvalue weighted by Gasteiger charge is -2.42. The summed E-state index contributed by atoms with van der Waals surface area (Å²) in [5, 5.41) is 2.94. The molecule has 4 amide bonds. The Bertz CT molecular complexity index is 781. The Morgan fingerprint density at radius 2 is 2.12 bits per heavy atom. The van der Waals surface area contributed by atoms with Crippen LogP contribution in [0.15, 0.2) is 33.9 Å². The molecule has 124 valence electrons.